The van der Waals surface area contributed by atoms with E-state index in [1.54, 1.807) is 0 Å². The minimum absolute atomic E-state index is 0.325. The molecule has 0 amide bonds. The van der Waals surface area contributed by atoms with Gasteiger partial charge in [-0.3, -0.25) is 0 Å². The summed E-state index contributed by atoms with van der Waals surface area (Å²) < 4.78 is 14.0. The van der Waals surface area contributed by atoms with Crippen LogP contribution in [0.25, 0.3) is 0 Å². The smallest absolute Gasteiger partial charge is 0.144 e. The van der Waals surface area contributed by atoms with Gasteiger partial charge in [-0.25, -0.2) is 0 Å². The zero-order valence-electron chi connectivity index (χ0n) is 22.0. The monoisotopic (exact) mass is 547 g/mol. The Morgan fingerprint density at radius 3 is 1.26 bits per heavy atom. The highest BCUT2D eigenvalue weighted by atomic mass is 32.2. The van der Waals surface area contributed by atoms with Crippen LogP contribution in [0.4, 0.5) is 0 Å². The largest absolute Gasteiger partial charge is 0.315 e. The molecular weight excluding hydrogens is 513 g/mol. The molecule has 1 N–H and O–H groups in total. The van der Waals surface area contributed by atoms with Crippen molar-refractivity contribution >= 4 is 29.5 Å². The van der Waals surface area contributed by atoms with E-state index in [9.17, 15) is 4.57 Å². The summed E-state index contributed by atoms with van der Waals surface area (Å²) >= 11 is 1.95. The SMILES string of the molecule is O=P(CCNCCSC(c1ccccc1)(c1ccccc1)c1ccccc1)(c1ccccc1)c1ccccc1. The van der Waals surface area contributed by atoms with E-state index in [1.807, 2.05) is 72.4 Å². The van der Waals surface area contributed by atoms with Gasteiger partial charge in [-0.1, -0.05) is 152 Å². The summed E-state index contributed by atoms with van der Waals surface area (Å²) in [5, 5.41) is 5.45. The van der Waals surface area contributed by atoms with Crippen LogP contribution in [0.3, 0.4) is 0 Å². The van der Waals surface area contributed by atoms with Gasteiger partial charge in [0.1, 0.15) is 7.14 Å². The van der Waals surface area contributed by atoms with Gasteiger partial charge in [-0.15, -0.1) is 11.8 Å². The second-order valence-electron chi connectivity index (χ2n) is 9.51. The zero-order chi connectivity index (χ0) is 26.8. The Hall–Kier alpha value is -3.36. The number of rotatable bonds is 12. The van der Waals surface area contributed by atoms with Crippen LogP contribution in [-0.4, -0.2) is 25.0 Å². The highest BCUT2D eigenvalue weighted by molar-refractivity contribution is 8.00. The van der Waals surface area contributed by atoms with Crippen LogP contribution in [0.15, 0.2) is 152 Å². The predicted molar refractivity (Wildman–Crippen MR) is 169 cm³/mol. The fourth-order valence-electron chi connectivity index (χ4n) is 5.15. The summed E-state index contributed by atoms with van der Waals surface area (Å²) in [6, 6.07) is 52.2. The van der Waals surface area contributed by atoms with Crippen molar-refractivity contribution in [3.05, 3.63) is 168 Å². The molecule has 0 atom stereocenters. The Morgan fingerprint density at radius 1 is 0.513 bits per heavy atom. The molecule has 5 rings (SSSR count). The third kappa shape index (κ3) is 6.12. The predicted octanol–water partition coefficient (Wildman–Crippen LogP) is 7.32. The van der Waals surface area contributed by atoms with E-state index in [-0.39, 0.29) is 4.75 Å². The number of thioether (sulfide) groups is 1. The first kappa shape index (κ1) is 27.2. The quantitative estimate of drug-likeness (QED) is 0.101. The molecule has 0 aliphatic heterocycles. The Morgan fingerprint density at radius 2 is 0.872 bits per heavy atom. The van der Waals surface area contributed by atoms with Gasteiger partial charge in [0.25, 0.3) is 0 Å². The molecule has 0 bridgehead atoms. The highest BCUT2D eigenvalue weighted by Crippen LogP contribution is 2.48. The first-order valence-corrected chi connectivity index (χ1v) is 16.3. The topological polar surface area (TPSA) is 29.1 Å². The van der Waals surface area contributed by atoms with Crippen LogP contribution < -0.4 is 15.9 Å². The van der Waals surface area contributed by atoms with E-state index in [0.717, 1.165) is 22.9 Å². The van der Waals surface area contributed by atoms with Gasteiger partial charge in [0.05, 0.1) is 4.75 Å². The number of nitrogens with one attached hydrogen (secondary N) is 1. The third-order valence-electron chi connectivity index (χ3n) is 7.09. The number of benzene rings is 5. The molecular formula is C35H34NOPS. The molecule has 39 heavy (non-hydrogen) atoms. The molecule has 0 heterocycles. The molecule has 0 unspecified atom stereocenters. The lowest BCUT2D eigenvalue weighted by Gasteiger charge is -2.35. The number of hydrogen-bond acceptors (Lipinski definition) is 3. The van der Waals surface area contributed by atoms with Gasteiger partial charge >= 0.3 is 0 Å². The molecule has 0 aliphatic rings. The molecule has 0 saturated carbocycles. The normalized spacial score (nSPS) is 11.8. The maximum absolute atomic E-state index is 14.3. The van der Waals surface area contributed by atoms with Crippen LogP contribution >= 0.6 is 18.9 Å². The lowest BCUT2D eigenvalue weighted by Crippen LogP contribution is -2.30. The molecule has 4 heteroatoms. The molecule has 0 radical (unpaired) electrons. The maximum atomic E-state index is 14.3. The van der Waals surface area contributed by atoms with Gasteiger partial charge in [0, 0.05) is 35.6 Å². The van der Waals surface area contributed by atoms with E-state index in [2.05, 4.69) is 96.3 Å². The van der Waals surface area contributed by atoms with Crippen molar-refractivity contribution in [2.75, 3.05) is 25.0 Å². The van der Waals surface area contributed by atoms with E-state index in [1.165, 1.54) is 16.7 Å². The summed E-state index contributed by atoms with van der Waals surface area (Å²) in [4.78, 5) is 0. The lowest BCUT2D eigenvalue weighted by atomic mass is 9.84. The minimum atomic E-state index is -2.72. The summed E-state index contributed by atoms with van der Waals surface area (Å²) in [6.07, 6.45) is 0.590. The molecule has 0 aromatic heterocycles. The van der Waals surface area contributed by atoms with Crippen molar-refractivity contribution in [3.63, 3.8) is 0 Å². The van der Waals surface area contributed by atoms with Crippen molar-refractivity contribution in [2.24, 2.45) is 0 Å². The van der Waals surface area contributed by atoms with Crippen LogP contribution in [0.5, 0.6) is 0 Å². The van der Waals surface area contributed by atoms with Crippen molar-refractivity contribution in [2.45, 2.75) is 4.75 Å². The minimum Gasteiger partial charge on any atom is -0.315 e. The standard InChI is InChI=1S/C35H34NOPS/c37-38(33-22-12-4-13-23-33,34-24-14-5-15-25-34)28-26-36-27-29-39-35(30-16-6-1-7-17-30,31-18-8-2-9-19-31)32-20-10-3-11-21-32/h1-25,36H,26-29H2. The second kappa shape index (κ2) is 13.1. The fourth-order valence-corrected chi connectivity index (χ4v) is 9.21. The average molecular weight is 548 g/mol. The van der Waals surface area contributed by atoms with Crippen molar-refractivity contribution in [3.8, 4) is 0 Å². The van der Waals surface area contributed by atoms with Crippen LogP contribution in [0, 0.1) is 0 Å². The lowest BCUT2D eigenvalue weighted by molar-refractivity contribution is 0.584. The molecule has 5 aromatic rings. The Balaban J connectivity index is 1.33. The molecule has 0 aliphatic carbocycles. The van der Waals surface area contributed by atoms with Gasteiger partial charge < -0.3 is 9.88 Å². The van der Waals surface area contributed by atoms with E-state index in [0.29, 0.717) is 12.7 Å². The van der Waals surface area contributed by atoms with Crippen molar-refractivity contribution in [1.82, 2.24) is 5.32 Å². The molecule has 0 saturated heterocycles. The van der Waals surface area contributed by atoms with Gasteiger partial charge in [0.15, 0.2) is 0 Å². The molecule has 5 aromatic carbocycles. The van der Waals surface area contributed by atoms with Gasteiger partial charge in [-0.05, 0) is 16.7 Å². The van der Waals surface area contributed by atoms with E-state index < -0.39 is 7.14 Å². The first-order chi connectivity index (χ1) is 19.2. The Bertz CT molecular complexity index is 1320. The van der Waals surface area contributed by atoms with Crippen molar-refractivity contribution < 1.29 is 4.57 Å². The third-order valence-corrected chi connectivity index (χ3v) is 11.8. The van der Waals surface area contributed by atoms with Gasteiger partial charge in [0.2, 0.25) is 0 Å². The Labute approximate surface area is 236 Å². The second-order valence-corrected chi connectivity index (χ2v) is 13.8. The van der Waals surface area contributed by atoms with Crippen molar-refractivity contribution in [1.29, 1.82) is 0 Å². The molecule has 0 fully saturated rings. The Kier molecular flexibility index (Phi) is 9.16. The van der Waals surface area contributed by atoms with Crippen LogP contribution in [0.1, 0.15) is 16.7 Å². The van der Waals surface area contributed by atoms with E-state index >= 15 is 0 Å². The first-order valence-electron chi connectivity index (χ1n) is 13.4. The van der Waals surface area contributed by atoms with E-state index in [4.69, 9.17) is 0 Å². The molecule has 2 nitrogen and oxygen atoms in total. The van der Waals surface area contributed by atoms with Gasteiger partial charge in [-0.2, -0.15) is 0 Å². The highest BCUT2D eigenvalue weighted by Gasteiger charge is 2.36. The summed E-state index contributed by atoms with van der Waals surface area (Å²) in [5.74, 6) is 0.902. The molecule has 0 spiro atoms. The van der Waals surface area contributed by atoms with Crippen LogP contribution in [-0.2, 0) is 9.31 Å². The average Bonchev–Trinajstić information content (AvgIpc) is 3.03. The molecule has 196 valence electrons. The fraction of sp³-hybridized carbons (Fsp3) is 0.143. The summed E-state index contributed by atoms with van der Waals surface area (Å²) in [6.45, 7) is 1.51. The zero-order valence-corrected chi connectivity index (χ0v) is 23.7. The summed E-state index contributed by atoms with van der Waals surface area (Å²) in [5.41, 5.74) is 3.81. The van der Waals surface area contributed by atoms with Crippen LogP contribution in [0.2, 0.25) is 0 Å². The summed E-state index contributed by atoms with van der Waals surface area (Å²) in [7, 11) is -2.72. The maximum Gasteiger partial charge on any atom is 0.144 e. The number of hydrogen-bond donors (Lipinski definition) is 1.